The van der Waals surface area contributed by atoms with E-state index in [1.54, 1.807) is 6.20 Å². The summed E-state index contributed by atoms with van der Waals surface area (Å²) in [5.41, 5.74) is -0.349. The van der Waals surface area contributed by atoms with Crippen molar-refractivity contribution in [1.29, 1.82) is 0 Å². The second-order valence-corrected chi connectivity index (χ2v) is 4.80. The first kappa shape index (κ1) is 12.2. The second kappa shape index (κ2) is 4.96. The maximum absolute atomic E-state index is 11.7. The summed E-state index contributed by atoms with van der Waals surface area (Å²) >= 11 is 1.47. The number of aromatic amines is 1. The van der Waals surface area contributed by atoms with Crippen LogP contribution in [0.2, 0.25) is 0 Å². The van der Waals surface area contributed by atoms with Gasteiger partial charge in [0.2, 0.25) is 0 Å². The van der Waals surface area contributed by atoms with Crippen LogP contribution in [-0.2, 0) is 6.54 Å². The summed E-state index contributed by atoms with van der Waals surface area (Å²) in [6.45, 7) is 2.17. The third-order valence-electron chi connectivity index (χ3n) is 2.14. The third-order valence-corrected chi connectivity index (χ3v) is 3.05. The molecule has 18 heavy (non-hydrogen) atoms. The van der Waals surface area contributed by atoms with Crippen LogP contribution < -0.4 is 5.32 Å². The Morgan fingerprint density at radius 1 is 1.50 bits per heavy atom. The van der Waals surface area contributed by atoms with Gasteiger partial charge in [-0.3, -0.25) is 4.79 Å². The number of rotatable bonds is 4. The molecule has 1 amide bonds. The van der Waals surface area contributed by atoms with Gasteiger partial charge in [0.05, 0.1) is 12.9 Å². The molecule has 0 unspecified atom stereocenters. The number of amides is 1. The number of nitrogens with one attached hydrogen (secondary N) is 2. The van der Waals surface area contributed by atoms with Crippen LogP contribution in [-0.4, -0.2) is 31.9 Å². The van der Waals surface area contributed by atoms with Crippen LogP contribution in [0.3, 0.4) is 0 Å². The fraction of sp³-hybridized carbons (Fsp3) is 0.200. The molecule has 94 valence electrons. The van der Waals surface area contributed by atoms with E-state index in [9.17, 15) is 9.59 Å². The number of aryl methyl sites for hydroxylation is 1. The van der Waals surface area contributed by atoms with Crippen molar-refractivity contribution < 1.29 is 14.7 Å². The molecule has 0 aromatic carbocycles. The molecule has 0 bridgehead atoms. The lowest BCUT2D eigenvalue weighted by Gasteiger charge is -2.01. The lowest BCUT2D eigenvalue weighted by atomic mass is 10.3. The summed E-state index contributed by atoms with van der Waals surface area (Å²) in [5.74, 6) is -1.76. The van der Waals surface area contributed by atoms with E-state index < -0.39 is 11.9 Å². The standard InChI is InChI=1S/C10H10N4O3S/c1-5-2-11-6(18-5)3-12-9(15)7-8(10(16)17)14-4-13-7/h2,4H,3H2,1H3,(H,12,15)(H,13,14)(H,16,17). The predicted molar refractivity (Wildman–Crippen MR) is 63.6 cm³/mol. The summed E-state index contributed by atoms with van der Waals surface area (Å²) in [6.07, 6.45) is 2.88. The van der Waals surface area contributed by atoms with Crippen LogP contribution >= 0.6 is 11.3 Å². The Bertz CT molecular complexity index is 589. The van der Waals surface area contributed by atoms with E-state index in [-0.39, 0.29) is 17.9 Å². The van der Waals surface area contributed by atoms with E-state index in [2.05, 4.69) is 20.3 Å². The van der Waals surface area contributed by atoms with Crippen LogP contribution in [0.25, 0.3) is 0 Å². The topological polar surface area (TPSA) is 108 Å². The van der Waals surface area contributed by atoms with Crippen molar-refractivity contribution in [3.63, 3.8) is 0 Å². The molecule has 0 aliphatic heterocycles. The zero-order chi connectivity index (χ0) is 13.1. The normalized spacial score (nSPS) is 10.3. The molecular formula is C10H10N4O3S. The van der Waals surface area contributed by atoms with Crippen LogP contribution in [0.5, 0.6) is 0 Å². The molecular weight excluding hydrogens is 256 g/mol. The van der Waals surface area contributed by atoms with Crippen LogP contribution in [0, 0.1) is 6.92 Å². The molecule has 7 nitrogen and oxygen atoms in total. The average Bonchev–Trinajstić information content (AvgIpc) is 2.94. The summed E-state index contributed by atoms with van der Waals surface area (Å²) in [5, 5.41) is 12.2. The van der Waals surface area contributed by atoms with Gasteiger partial charge in [0, 0.05) is 11.1 Å². The minimum atomic E-state index is -1.22. The van der Waals surface area contributed by atoms with Gasteiger partial charge >= 0.3 is 5.97 Å². The first-order valence-electron chi connectivity index (χ1n) is 5.04. The number of thiazole rings is 1. The SMILES string of the molecule is Cc1cnc(CNC(=O)c2nc[nH]c2C(=O)O)s1. The first-order valence-corrected chi connectivity index (χ1v) is 5.85. The highest BCUT2D eigenvalue weighted by atomic mass is 32.1. The van der Waals surface area contributed by atoms with E-state index in [1.165, 1.54) is 17.7 Å². The lowest BCUT2D eigenvalue weighted by molar-refractivity contribution is 0.0685. The Morgan fingerprint density at radius 2 is 2.28 bits per heavy atom. The number of H-pyrrole nitrogens is 1. The van der Waals surface area contributed by atoms with Crippen molar-refractivity contribution in [3.8, 4) is 0 Å². The van der Waals surface area contributed by atoms with Crippen LogP contribution in [0.4, 0.5) is 0 Å². The highest BCUT2D eigenvalue weighted by Gasteiger charge is 2.19. The minimum absolute atomic E-state index is 0.129. The Hall–Kier alpha value is -2.22. The molecule has 2 rings (SSSR count). The molecule has 2 aromatic heterocycles. The Labute approximate surface area is 106 Å². The van der Waals surface area contributed by atoms with E-state index in [1.807, 2.05) is 6.92 Å². The van der Waals surface area contributed by atoms with Crippen LogP contribution in [0.1, 0.15) is 30.9 Å². The number of carbonyl (C=O) groups is 2. The number of aromatic nitrogens is 3. The molecule has 0 fully saturated rings. The van der Waals surface area contributed by atoms with Crippen molar-refractivity contribution in [2.45, 2.75) is 13.5 Å². The van der Waals surface area contributed by atoms with Gasteiger partial charge in [0.1, 0.15) is 5.01 Å². The molecule has 0 saturated heterocycles. The van der Waals surface area contributed by atoms with Crippen molar-refractivity contribution in [3.05, 3.63) is 33.8 Å². The van der Waals surface area contributed by atoms with E-state index in [0.29, 0.717) is 0 Å². The van der Waals surface area contributed by atoms with Gasteiger partial charge in [-0.15, -0.1) is 11.3 Å². The zero-order valence-electron chi connectivity index (χ0n) is 9.43. The largest absolute Gasteiger partial charge is 0.477 e. The van der Waals surface area contributed by atoms with Crippen molar-refractivity contribution in [1.82, 2.24) is 20.3 Å². The number of imidazole rings is 1. The summed E-state index contributed by atoms with van der Waals surface area (Å²) in [6, 6.07) is 0. The number of hydrogen-bond donors (Lipinski definition) is 3. The zero-order valence-corrected chi connectivity index (χ0v) is 10.2. The van der Waals surface area contributed by atoms with Gasteiger partial charge in [-0.25, -0.2) is 14.8 Å². The molecule has 0 aliphatic carbocycles. The van der Waals surface area contributed by atoms with Gasteiger partial charge in [-0.05, 0) is 6.92 Å². The second-order valence-electron chi connectivity index (χ2n) is 3.48. The summed E-state index contributed by atoms with van der Waals surface area (Å²) < 4.78 is 0. The van der Waals surface area contributed by atoms with Gasteiger partial charge in [0.25, 0.3) is 5.91 Å². The molecule has 0 radical (unpaired) electrons. The maximum Gasteiger partial charge on any atom is 0.354 e. The molecule has 3 N–H and O–H groups in total. The number of carboxylic acid groups (broad SMARTS) is 1. The van der Waals surface area contributed by atoms with E-state index in [0.717, 1.165) is 9.88 Å². The quantitative estimate of drug-likeness (QED) is 0.758. The number of hydrogen-bond acceptors (Lipinski definition) is 5. The van der Waals surface area contributed by atoms with E-state index in [4.69, 9.17) is 5.11 Å². The Balaban J connectivity index is 2.04. The fourth-order valence-electron chi connectivity index (χ4n) is 1.35. The number of carbonyl (C=O) groups excluding carboxylic acids is 1. The van der Waals surface area contributed by atoms with E-state index >= 15 is 0 Å². The Kier molecular flexibility index (Phi) is 3.38. The van der Waals surface area contributed by atoms with Crippen LogP contribution in [0.15, 0.2) is 12.5 Å². The molecule has 0 atom stereocenters. The molecule has 0 aliphatic rings. The van der Waals surface area contributed by atoms with Gasteiger partial charge in [-0.1, -0.05) is 0 Å². The molecule has 2 heterocycles. The number of nitrogens with zero attached hydrogens (tertiary/aromatic N) is 2. The maximum atomic E-state index is 11.7. The lowest BCUT2D eigenvalue weighted by Crippen LogP contribution is -2.25. The monoisotopic (exact) mass is 266 g/mol. The first-order chi connectivity index (χ1) is 8.58. The highest BCUT2D eigenvalue weighted by molar-refractivity contribution is 7.11. The number of carboxylic acids is 1. The highest BCUT2D eigenvalue weighted by Crippen LogP contribution is 2.11. The molecule has 0 spiro atoms. The van der Waals surface area contributed by atoms with Gasteiger partial charge in [0.15, 0.2) is 11.4 Å². The fourth-order valence-corrected chi connectivity index (χ4v) is 2.08. The van der Waals surface area contributed by atoms with Gasteiger partial charge < -0.3 is 15.4 Å². The Morgan fingerprint density at radius 3 is 2.89 bits per heavy atom. The summed E-state index contributed by atoms with van der Waals surface area (Å²) in [7, 11) is 0. The van der Waals surface area contributed by atoms with Crippen molar-refractivity contribution >= 4 is 23.2 Å². The van der Waals surface area contributed by atoms with Crippen molar-refractivity contribution in [2.24, 2.45) is 0 Å². The summed E-state index contributed by atoms with van der Waals surface area (Å²) in [4.78, 5) is 33.8. The van der Waals surface area contributed by atoms with Gasteiger partial charge in [-0.2, -0.15) is 0 Å². The smallest absolute Gasteiger partial charge is 0.354 e. The predicted octanol–water partition coefficient (Wildman–Crippen LogP) is 0.803. The average molecular weight is 266 g/mol. The minimum Gasteiger partial charge on any atom is -0.477 e. The molecule has 0 saturated carbocycles. The third kappa shape index (κ3) is 2.54. The molecule has 8 heteroatoms. The van der Waals surface area contributed by atoms with Crippen molar-refractivity contribution in [2.75, 3.05) is 0 Å². The molecule has 2 aromatic rings. The number of aromatic carboxylic acids is 1.